The van der Waals surface area contributed by atoms with Crippen LogP contribution in [-0.2, 0) is 13.1 Å². The van der Waals surface area contributed by atoms with E-state index in [0.29, 0.717) is 18.1 Å². The number of hydrogen-bond acceptors (Lipinski definition) is 4. The number of aliphatic hydroxyl groups is 1. The predicted octanol–water partition coefficient (Wildman–Crippen LogP) is 4.54. The lowest BCUT2D eigenvalue weighted by molar-refractivity contribution is 0.228. The predicted molar refractivity (Wildman–Crippen MR) is 103 cm³/mol. The number of aliphatic hydroxyl groups excluding tert-OH is 1. The van der Waals surface area contributed by atoms with Gasteiger partial charge in [0.05, 0.1) is 6.54 Å². The van der Waals surface area contributed by atoms with Crippen molar-refractivity contribution < 1.29 is 9.90 Å². The summed E-state index contributed by atoms with van der Waals surface area (Å²) in [6.07, 6.45) is -0.600. The fourth-order valence-corrected chi connectivity index (χ4v) is 4.12. The summed E-state index contributed by atoms with van der Waals surface area (Å²) in [7, 11) is 0. The van der Waals surface area contributed by atoms with Crippen LogP contribution in [0.3, 0.4) is 0 Å². The third-order valence-electron chi connectivity index (χ3n) is 3.55. The van der Waals surface area contributed by atoms with E-state index in [-0.39, 0.29) is 6.03 Å². The Bertz CT molecular complexity index is 816. The molecule has 25 heavy (non-hydrogen) atoms. The van der Waals surface area contributed by atoms with E-state index in [2.05, 4.69) is 10.6 Å². The maximum atomic E-state index is 11.9. The summed E-state index contributed by atoms with van der Waals surface area (Å²) >= 11 is 8.86. The number of benzene rings is 1. The molecule has 7 heteroatoms. The molecule has 1 atom stereocenters. The van der Waals surface area contributed by atoms with Gasteiger partial charge in [-0.05, 0) is 41.3 Å². The van der Waals surface area contributed by atoms with Crippen molar-refractivity contribution in [2.75, 3.05) is 0 Å². The normalized spacial score (nSPS) is 11.9. The van der Waals surface area contributed by atoms with E-state index in [4.69, 9.17) is 11.6 Å². The van der Waals surface area contributed by atoms with Crippen molar-refractivity contribution in [3.05, 3.63) is 79.1 Å². The van der Waals surface area contributed by atoms with E-state index in [1.54, 1.807) is 12.1 Å². The SMILES string of the molecule is O=C(NCc1ccc(Cl)cc1)NCc1ccc(C(O)c2cccs2)s1. The highest BCUT2D eigenvalue weighted by atomic mass is 35.5. The summed E-state index contributed by atoms with van der Waals surface area (Å²) < 4.78 is 0. The molecule has 2 heterocycles. The Balaban J connectivity index is 1.47. The average molecular weight is 393 g/mol. The molecule has 0 saturated heterocycles. The molecule has 1 unspecified atom stereocenters. The van der Waals surface area contributed by atoms with E-state index in [0.717, 1.165) is 20.2 Å². The molecular weight excluding hydrogens is 376 g/mol. The smallest absolute Gasteiger partial charge is 0.315 e. The summed E-state index contributed by atoms with van der Waals surface area (Å²) in [6.45, 7) is 0.865. The summed E-state index contributed by atoms with van der Waals surface area (Å²) in [4.78, 5) is 14.7. The number of urea groups is 1. The first kappa shape index (κ1) is 17.9. The molecule has 0 bridgehead atoms. The Morgan fingerprint density at radius 3 is 2.52 bits per heavy atom. The highest BCUT2D eigenvalue weighted by Crippen LogP contribution is 2.30. The third kappa shape index (κ3) is 5.06. The van der Waals surface area contributed by atoms with E-state index in [1.807, 2.05) is 41.8 Å². The molecular formula is C18H17ClN2O2S2. The Labute approximate surface area is 159 Å². The number of hydrogen-bond donors (Lipinski definition) is 3. The number of nitrogens with one attached hydrogen (secondary N) is 2. The lowest BCUT2D eigenvalue weighted by atomic mass is 10.2. The highest BCUT2D eigenvalue weighted by molar-refractivity contribution is 7.12. The minimum atomic E-state index is -0.600. The Kier molecular flexibility index (Phi) is 6.09. The van der Waals surface area contributed by atoms with Gasteiger partial charge in [0, 0.05) is 26.2 Å². The van der Waals surface area contributed by atoms with Crippen LogP contribution in [-0.4, -0.2) is 11.1 Å². The van der Waals surface area contributed by atoms with Crippen molar-refractivity contribution >= 4 is 40.3 Å². The molecule has 4 nitrogen and oxygen atoms in total. The Morgan fingerprint density at radius 2 is 1.80 bits per heavy atom. The number of rotatable bonds is 6. The van der Waals surface area contributed by atoms with Crippen LogP contribution in [0.25, 0.3) is 0 Å². The molecule has 0 radical (unpaired) electrons. The van der Waals surface area contributed by atoms with E-state index in [1.165, 1.54) is 22.7 Å². The molecule has 130 valence electrons. The second-order valence-electron chi connectivity index (χ2n) is 5.38. The van der Waals surface area contributed by atoms with Gasteiger partial charge in [0.2, 0.25) is 0 Å². The van der Waals surface area contributed by atoms with Crippen molar-refractivity contribution in [2.45, 2.75) is 19.2 Å². The zero-order valence-corrected chi connectivity index (χ0v) is 15.6. The van der Waals surface area contributed by atoms with Gasteiger partial charge < -0.3 is 15.7 Å². The second-order valence-corrected chi connectivity index (χ2v) is 8.00. The number of carbonyl (C=O) groups is 1. The monoisotopic (exact) mass is 392 g/mol. The molecule has 3 aromatic rings. The van der Waals surface area contributed by atoms with Crippen LogP contribution < -0.4 is 10.6 Å². The molecule has 3 rings (SSSR count). The quantitative estimate of drug-likeness (QED) is 0.576. The average Bonchev–Trinajstić information content (AvgIpc) is 3.30. The van der Waals surface area contributed by atoms with Gasteiger partial charge in [-0.15, -0.1) is 22.7 Å². The van der Waals surface area contributed by atoms with Gasteiger partial charge in [-0.25, -0.2) is 4.79 Å². The van der Waals surface area contributed by atoms with Crippen molar-refractivity contribution in [1.29, 1.82) is 0 Å². The summed E-state index contributed by atoms with van der Waals surface area (Å²) in [5.74, 6) is 0. The number of halogens is 1. The summed E-state index contributed by atoms with van der Waals surface area (Å²) in [6, 6.07) is 14.8. The van der Waals surface area contributed by atoms with Crippen LogP contribution in [0, 0.1) is 0 Å². The van der Waals surface area contributed by atoms with Crippen LogP contribution >= 0.6 is 34.3 Å². The van der Waals surface area contributed by atoms with Crippen LogP contribution in [0.4, 0.5) is 4.79 Å². The molecule has 0 saturated carbocycles. The zero-order valence-electron chi connectivity index (χ0n) is 13.2. The summed E-state index contributed by atoms with van der Waals surface area (Å²) in [5.41, 5.74) is 0.983. The van der Waals surface area contributed by atoms with Gasteiger partial charge in [-0.1, -0.05) is 29.8 Å². The first-order chi connectivity index (χ1) is 12.1. The van der Waals surface area contributed by atoms with Gasteiger partial charge >= 0.3 is 6.03 Å². The van der Waals surface area contributed by atoms with Crippen LogP contribution in [0.2, 0.25) is 5.02 Å². The lowest BCUT2D eigenvalue weighted by Crippen LogP contribution is -2.34. The van der Waals surface area contributed by atoms with Gasteiger partial charge in [0.25, 0.3) is 0 Å². The minimum Gasteiger partial charge on any atom is -0.382 e. The third-order valence-corrected chi connectivity index (χ3v) is 5.87. The van der Waals surface area contributed by atoms with E-state index < -0.39 is 6.10 Å². The summed E-state index contributed by atoms with van der Waals surface area (Å²) in [5, 5.41) is 18.6. The van der Waals surface area contributed by atoms with E-state index >= 15 is 0 Å². The number of thiophene rings is 2. The zero-order chi connectivity index (χ0) is 17.6. The largest absolute Gasteiger partial charge is 0.382 e. The van der Waals surface area contributed by atoms with Crippen molar-refractivity contribution in [3.63, 3.8) is 0 Å². The lowest BCUT2D eigenvalue weighted by Gasteiger charge is -2.07. The van der Waals surface area contributed by atoms with Gasteiger partial charge in [0.1, 0.15) is 6.10 Å². The van der Waals surface area contributed by atoms with Gasteiger partial charge in [-0.2, -0.15) is 0 Å². The molecule has 0 aliphatic rings. The molecule has 2 aromatic heterocycles. The fraction of sp³-hybridized carbons (Fsp3) is 0.167. The standard InChI is InChI=1S/C18H17ClN2O2S2/c19-13-5-3-12(4-6-13)10-20-18(23)21-11-14-7-8-16(25-14)17(22)15-2-1-9-24-15/h1-9,17,22H,10-11H2,(H2,20,21,23). The van der Waals surface area contributed by atoms with Crippen molar-refractivity contribution in [1.82, 2.24) is 10.6 Å². The molecule has 0 fully saturated rings. The first-order valence-corrected chi connectivity index (χ1v) is 9.75. The topological polar surface area (TPSA) is 61.4 Å². The van der Waals surface area contributed by atoms with Gasteiger partial charge in [0.15, 0.2) is 0 Å². The van der Waals surface area contributed by atoms with Gasteiger partial charge in [-0.3, -0.25) is 0 Å². The molecule has 0 spiro atoms. The fourth-order valence-electron chi connectivity index (χ4n) is 2.24. The molecule has 0 aliphatic carbocycles. The number of carbonyl (C=O) groups excluding carboxylic acids is 1. The maximum Gasteiger partial charge on any atom is 0.315 e. The molecule has 2 amide bonds. The first-order valence-electron chi connectivity index (χ1n) is 7.68. The maximum absolute atomic E-state index is 11.9. The second kappa shape index (κ2) is 8.49. The highest BCUT2D eigenvalue weighted by Gasteiger charge is 2.14. The van der Waals surface area contributed by atoms with Crippen LogP contribution in [0.5, 0.6) is 0 Å². The van der Waals surface area contributed by atoms with Crippen LogP contribution in [0.15, 0.2) is 53.9 Å². The number of amides is 2. The van der Waals surface area contributed by atoms with Crippen LogP contribution in [0.1, 0.15) is 26.3 Å². The Morgan fingerprint density at radius 1 is 1.04 bits per heavy atom. The molecule has 3 N–H and O–H groups in total. The Hall–Kier alpha value is -1.86. The van der Waals surface area contributed by atoms with Crippen molar-refractivity contribution in [3.8, 4) is 0 Å². The van der Waals surface area contributed by atoms with E-state index in [9.17, 15) is 9.90 Å². The van der Waals surface area contributed by atoms with Crippen molar-refractivity contribution in [2.24, 2.45) is 0 Å². The minimum absolute atomic E-state index is 0.233. The molecule has 1 aromatic carbocycles. The molecule has 0 aliphatic heterocycles.